The number of rotatable bonds is 9. The number of carboxylic acids is 1. The normalized spacial score (nSPS) is 10.3. The van der Waals surface area contributed by atoms with Crippen molar-refractivity contribution in [1.82, 2.24) is 0 Å². The third-order valence-electron chi connectivity index (χ3n) is 4.49. The lowest BCUT2D eigenvalue weighted by atomic mass is 10.1. The highest BCUT2D eigenvalue weighted by atomic mass is 16.5. The largest absolute Gasteiger partial charge is 0.493 e. The van der Waals surface area contributed by atoms with Crippen LogP contribution < -0.4 is 20.1 Å². The average Bonchev–Trinajstić information content (AvgIpc) is 2.76. The molecule has 0 saturated carbocycles. The third kappa shape index (κ3) is 6.24. The molecule has 0 atom stereocenters. The maximum absolute atomic E-state index is 12.2. The highest BCUT2D eigenvalue weighted by Crippen LogP contribution is 2.28. The van der Waals surface area contributed by atoms with Crippen LogP contribution >= 0.6 is 0 Å². The van der Waals surface area contributed by atoms with Crippen LogP contribution in [0.15, 0.2) is 66.7 Å². The first-order chi connectivity index (χ1) is 14.9. The van der Waals surface area contributed by atoms with Crippen molar-refractivity contribution in [3.8, 4) is 11.5 Å². The van der Waals surface area contributed by atoms with Gasteiger partial charge in [-0.15, -0.1) is 0 Å². The van der Waals surface area contributed by atoms with E-state index in [-0.39, 0.29) is 18.1 Å². The summed E-state index contributed by atoms with van der Waals surface area (Å²) in [4.78, 5) is 23.3. The Morgan fingerprint density at radius 1 is 0.935 bits per heavy atom. The Balaban J connectivity index is 1.58. The molecule has 0 radical (unpaired) electrons. The van der Waals surface area contributed by atoms with Gasteiger partial charge in [0.05, 0.1) is 12.7 Å². The summed E-state index contributed by atoms with van der Waals surface area (Å²) >= 11 is 0. The Labute approximate surface area is 180 Å². The fraction of sp³-hybridized carbons (Fsp3) is 0.167. The number of carboxylic acid groups (broad SMARTS) is 1. The van der Waals surface area contributed by atoms with Crippen molar-refractivity contribution in [2.45, 2.75) is 13.5 Å². The second kappa shape index (κ2) is 10.2. The highest BCUT2D eigenvalue weighted by molar-refractivity contribution is 5.92. The number of methoxy groups -OCH3 is 1. The molecule has 3 aromatic rings. The average molecular weight is 420 g/mol. The van der Waals surface area contributed by atoms with Crippen LogP contribution in [0, 0.1) is 6.92 Å². The van der Waals surface area contributed by atoms with E-state index in [9.17, 15) is 9.59 Å². The van der Waals surface area contributed by atoms with Crippen LogP contribution in [0.3, 0.4) is 0 Å². The fourth-order valence-corrected chi connectivity index (χ4v) is 2.97. The van der Waals surface area contributed by atoms with Crippen LogP contribution in [0.1, 0.15) is 21.5 Å². The number of aromatic carboxylic acids is 1. The molecule has 0 aliphatic rings. The number of carbonyl (C=O) groups is 2. The van der Waals surface area contributed by atoms with E-state index in [1.54, 1.807) is 24.3 Å². The van der Waals surface area contributed by atoms with E-state index in [0.29, 0.717) is 29.4 Å². The molecule has 0 bridgehead atoms. The minimum atomic E-state index is -0.974. The van der Waals surface area contributed by atoms with E-state index in [1.165, 1.54) is 13.2 Å². The van der Waals surface area contributed by atoms with Gasteiger partial charge in [0.2, 0.25) is 0 Å². The predicted octanol–water partition coefficient (Wildman–Crippen LogP) is 4.33. The van der Waals surface area contributed by atoms with Gasteiger partial charge in [-0.3, -0.25) is 4.79 Å². The first kappa shape index (κ1) is 21.7. The molecule has 7 nitrogen and oxygen atoms in total. The molecule has 0 aliphatic heterocycles. The minimum Gasteiger partial charge on any atom is -0.493 e. The number of hydrogen-bond donors (Lipinski definition) is 3. The Morgan fingerprint density at radius 3 is 2.45 bits per heavy atom. The van der Waals surface area contributed by atoms with Gasteiger partial charge in [0.15, 0.2) is 18.1 Å². The number of nitrogens with one attached hydrogen (secondary N) is 2. The zero-order valence-electron chi connectivity index (χ0n) is 17.3. The van der Waals surface area contributed by atoms with Crippen LogP contribution in [0.25, 0.3) is 0 Å². The van der Waals surface area contributed by atoms with Crippen molar-refractivity contribution < 1.29 is 24.2 Å². The SMILES string of the molecule is COc1cc(CNc2cccc(C(=O)O)c2)ccc1OCC(=O)Nc1cccc(C)c1. The number of carbonyl (C=O) groups excluding carboxylic acids is 1. The monoisotopic (exact) mass is 420 g/mol. The molecule has 0 fully saturated rings. The number of aryl methyl sites for hydroxylation is 1. The summed E-state index contributed by atoms with van der Waals surface area (Å²) in [5, 5.41) is 15.1. The summed E-state index contributed by atoms with van der Waals surface area (Å²) in [6.45, 7) is 2.27. The lowest BCUT2D eigenvalue weighted by molar-refractivity contribution is -0.118. The van der Waals surface area contributed by atoms with Crippen LogP contribution in [0.2, 0.25) is 0 Å². The molecule has 3 aromatic carbocycles. The molecule has 0 unspecified atom stereocenters. The third-order valence-corrected chi connectivity index (χ3v) is 4.49. The lowest BCUT2D eigenvalue weighted by Gasteiger charge is -2.13. The molecule has 0 heterocycles. The molecule has 0 saturated heterocycles. The Kier molecular flexibility index (Phi) is 7.11. The molecule has 7 heteroatoms. The van der Waals surface area contributed by atoms with Gasteiger partial charge >= 0.3 is 5.97 Å². The standard InChI is InChI=1S/C24H24N2O5/c1-16-5-3-8-20(11-16)26-23(27)15-31-21-10-9-17(12-22(21)30-2)14-25-19-7-4-6-18(13-19)24(28)29/h3-13,25H,14-15H2,1-2H3,(H,26,27)(H,28,29). The topological polar surface area (TPSA) is 96.9 Å². The van der Waals surface area contributed by atoms with Gasteiger partial charge in [-0.2, -0.15) is 0 Å². The van der Waals surface area contributed by atoms with Gasteiger partial charge in [-0.05, 0) is 60.5 Å². The quantitative estimate of drug-likeness (QED) is 0.477. The zero-order valence-corrected chi connectivity index (χ0v) is 17.3. The number of hydrogen-bond acceptors (Lipinski definition) is 5. The van der Waals surface area contributed by atoms with Crippen molar-refractivity contribution in [1.29, 1.82) is 0 Å². The van der Waals surface area contributed by atoms with Crippen molar-refractivity contribution in [2.24, 2.45) is 0 Å². The summed E-state index contributed by atoms with van der Waals surface area (Å²) in [5.74, 6) is -0.282. The maximum Gasteiger partial charge on any atom is 0.335 e. The fourth-order valence-electron chi connectivity index (χ4n) is 2.97. The summed E-state index contributed by atoms with van der Waals surface area (Å²) < 4.78 is 11.0. The first-order valence-corrected chi connectivity index (χ1v) is 9.68. The minimum absolute atomic E-state index is 0.149. The van der Waals surface area contributed by atoms with Crippen molar-refractivity contribution in [2.75, 3.05) is 24.4 Å². The van der Waals surface area contributed by atoms with E-state index in [1.807, 2.05) is 43.3 Å². The van der Waals surface area contributed by atoms with E-state index >= 15 is 0 Å². The smallest absolute Gasteiger partial charge is 0.335 e. The second-order valence-corrected chi connectivity index (χ2v) is 6.93. The van der Waals surface area contributed by atoms with E-state index in [2.05, 4.69) is 10.6 Å². The number of anilines is 2. The van der Waals surface area contributed by atoms with E-state index < -0.39 is 5.97 Å². The molecule has 0 aromatic heterocycles. The van der Waals surface area contributed by atoms with E-state index in [0.717, 1.165) is 11.1 Å². The first-order valence-electron chi connectivity index (χ1n) is 9.68. The van der Waals surface area contributed by atoms with Crippen LogP contribution in [0.4, 0.5) is 11.4 Å². The highest BCUT2D eigenvalue weighted by Gasteiger charge is 2.10. The zero-order chi connectivity index (χ0) is 22.2. The Morgan fingerprint density at radius 2 is 1.71 bits per heavy atom. The predicted molar refractivity (Wildman–Crippen MR) is 119 cm³/mol. The van der Waals surface area contributed by atoms with Crippen LogP contribution in [-0.2, 0) is 11.3 Å². The lowest BCUT2D eigenvalue weighted by Crippen LogP contribution is -2.20. The number of benzene rings is 3. The number of amides is 1. The molecule has 3 rings (SSSR count). The summed E-state index contributed by atoms with van der Waals surface area (Å²) in [6, 6.07) is 19.5. The maximum atomic E-state index is 12.2. The second-order valence-electron chi connectivity index (χ2n) is 6.93. The van der Waals surface area contributed by atoms with Gasteiger partial charge in [-0.1, -0.05) is 24.3 Å². The summed E-state index contributed by atoms with van der Waals surface area (Å²) in [5.41, 5.74) is 3.60. The molecule has 31 heavy (non-hydrogen) atoms. The molecular formula is C24H24N2O5. The van der Waals surface area contributed by atoms with Gasteiger partial charge in [0.25, 0.3) is 5.91 Å². The molecule has 1 amide bonds. The van der Waals surface area contributed by atoms with Crippen molar-refractivity contribution >= 4 is 23.3 Å². The number of ether oxygens (including phenoxy) is 2. The summed E-state index contributed by atoms with van der Waals surface area (Å²) in [7, 11) is 1.53. The van der Waals surface area contributed by atoms with Gasteiger partial charge in [-0.25, -0.2) is 4.79 Å². The van der Waals surface area contributed by atoms with Crippen LogP contribution in [-0.4, -0.2) is 30.7 Å². The summed E-state index contributed by atoms with van der Waals surface area (Å²) in [6.07, 6.45) is 0. The van der Waals surface area contributed by atoms with Gasteiger partial charge in [0, 0.05) is 17.9 Å². The Bertz CT molecular complexity index is 1080. The molecule has 3 N–H and O–H groups in total. The molecule has 0 spiro atoms. The van der Waals surface area contributed by atoms with Crippen molar-refractivity contribution in [3.63, 3.8) is 0 Å². The Hall–Kier alpha value is -4.00. The van der Waals surface area contributed by atoms with Gasteiger partial charge < -0.3 is 25.2 Å². The molecule has 0 aliphatic carbocycles. The van der Waals surface area contributed by atoms with Gasteiger partial charge in [0.1, 0.15) is 0 Å². The van der Waals surface area contributed by atoms with Crippen molar-refractivity contribution in [3.05, 3.63) is 83.4 Å². The molecular weight excluding hydrogens is 396 g/mol. The van der Waals surface area contributed by atoms with Crippen LogP contribution in [0.5, 0.6) is 11.5 Å². The van der Waals surface area contributed by atoms with E-state index in [4.69, 9.17) is 14.6 Å². The molecule has 160 valence electrons.